The highest BCUT2D eigenvalue weighted by atomic mass is 19.1. The molecule has 1 unspecified atom stereocenters. The Kier molecular flexibility index (Phi) is 4.67. The Bertz CT molecular complexity index is 728. The van der Waals surface area contributed by atoms with Crippen molar-refractivity contribution in [2.75, 3.05) is 31.2 Å². The number of benzene rings is 1. The van der Waals surface area contributed by atoms with Crippen LogP contribution in [0.2, 0.25) is 0 Å². The molecule has 6 nitrogen and oxygen atoms in total. The average molecular weight is 345 g/mol. The van der Waals surface area contributed by atoms with Crippen LogP contribution in [0.4, 0.5) is 10.1 Å². The van der Waals surface area contributed by atoms with Gasteiger partial charge < -0.3 is 15.4 Å². The van der Waals surface area contributed by atoms with Crippen LogP contribution in [0.5, 0.6) is 0 Å². The van der Waals surface area contributed by atoms with Crippen molar-refractivity contribution in [1.29, 1.82) is 0 Å². The van der Waals surface area contributed by atoms with E-state index in [9.17, 15) is 4.39 Å². The molecule has 1 atom stereocenters. The molecule has 1 saturated heterocycles. The first-order chi connectivity index (χ1) is 12.2. The van der Waals surface area contributed by atoms with E-state index in [0.29, 0.717) is 25.0 Å². The number of aromatic nitrogens is 3. The van der Waals surface area contributed by atoms with Gasteiger partial charge in [0.05, 0.1) is 18.8 Å². The normalized spacial score (nSPS) is 21.4. The summed E-state index contributed by atoms with van der Waals surface area (Å²) >= 11 is 0. The van der Waals surface area contributed by atoms with Crippen LogP contribution in [0, 0.1) is 11.7 Å². The number of fused-ring (bicyclic) bond motifs is 1. The number of rotatable bonds is 4. The molecule has 1 aromatic carbocycles. The summed E-state index contributed by atoms with van der Waals surface area (Å²) in [4.78, 5) is 2.24. The minimum Gasteiger partial charge on any atom is -0.381 e. The van der Waals surface area contributed by atoms with Crippen LogP contribution in [0.1, 0.15) is 30.1 Å². The van der Waals surface area contributed by atoms with Gasteiger partial charge in [-0.25, -0.2) is 9.07 Å². The van der Waals surface area contributed by atoms with Crippen LogP contribution in [-0.4, -0.2) is 41.3 Å². The van der Waals surface area contributed by atoms with E-state index in [0.717, 1.165) is 56.0 Å². The summed E-state index contributed by atoms with van der Waals surface area (Å²) < 4.78 is 21.0. The second-order valence-corrected chi connectivity index (χ2v) is 6.99. The number of halogens is 1. The summed E-state index contributed by atoms with van der Waals surface area (Å²) in [5, 5.41) is 8.67. The van der Waals surface area contributed by atoms with Gasteiger partial charge in [-0.1, -0.05) is 5.21 Å². The van der Waals surface area contributed by atoms with Crippen LogP contribution < -0.4 is 10.6 Å². The number of hydrogen-bond acceptors (Lipinski definition) is 5. The zero-order chi connectivity index (χ0) is 17.2. The molecule has 1 fully saturated rings. The quantitative estimate of drug-likeness (QED) is 0.917. The number of anilines is 1. The van der Waals surface area contributed by atoms with Crippen molar-refractivity contribution >= 4 is 5.69 Å². The molecule has 3 heterocycles. The van der Waals surface area contributed by atoms with Gasteiger partial charge in [0.25, 0.3) is 0 Å². The van der Waals surface area contributed by atoms with Crippen LogP contribution >= 0.6 is 0 Å². The van der Waals surface area contributed by atoms with Crippen molar-refractivity contribution in [2.24, 2.45) is 11.7 Å². The SMILES string of the molecule is NCC1Cc2cc(F)ccc2N(Cc2cn(C3CCOCC3)nn2)C1. The first-order valence-corrected chi connectivity index (χ1v) is 8.95. The molecule has 7 heteroatoms. The zero-order valence-corrected chi connectivity index (χ0v) is 14.3. The molecular formula is C18H24FN5O. The lowest BCUT2D eigenvalue weighted by atomic mass is 9.92. The summed E-state index contributed by atoms with van der Waals surface area (Å²) in [7, 11) is 0. The summed E-state index contributed by atoms with van der Waals surface area (Å²) in [6, 6.07) is 5.38. The van der Waals surface area contributed by atoms with E-state index in [1.165, 1.54) is 6.07 Å². The maximum Gasteiger partial charge on any atom is 0.123 e. The zero-order valence-electron chi connectivity index (χ0n) is 14.3. The highest BCUT2D eigenvalue weighted by molar-refractivity contribution is 5.56. The highest BCUT2D eigenvalue weighted by Crippen LogP contribution is 2.31. The fourth-order valence-corrected chi connectivity index (χ4v) is 3.83. The molecule has 1 aromatic heterocycles. The van der Waals surface area contributed by atoms with Crippen LogP contribution in [0.25, 0.3) is 0 Å². The van der Waals surface area contributed by atoms with Gasteiger partial charge in [-0.15, -0.1) is 5.10 Å². The minimum absolute atomic E-state index is 0.193. The molecule has 134 valence electrons. The van der Waals surface area contributed by atoms with Gasteiger partial charge >= 0.3 is 0 Å². The van der Waals surface area contributed by atoms with E-state index < -0.39 is 0 Å². The van der Waals surface area contributed by atoms with E-state index in [2.05, 4.69) is 15.2 Å². The molecule has 2 N–H and O–H groups in total. The molecule has 0 aliphatic carbocycles. The van der Waals surface area contributed by atoms with E-state index in [1.807, 2.05) is 16.9 Å². The standard InChI is InChI=1S/C18H24FN5O/c19-15-1-2-18-14(8-15)7-13(9-20)10-23(18)11-16-12-24(22-21-16)17-3-5-25-6-4-17/h1-2,8,12-13,17H,3-7,9-11,20H2. The number of nitrogens with zero attached hydrogens (tertiary/aromatic N) is 4. The predicted octanol–water partition coefficient (Wildman–Crippen LogP) is 1.91. The summed E-state index contributed by atoms with van der Waals surface area (Å²) in [5.74, 6) is 0.140. The molecule has 0 radical (unpaired) electrons. The highest BCUT2D eigenvalue weighted by Gasteiger charge is 2.25. The van der Waals surface area contributed by atoms with Gasteiger partial charge in [0.2, 0.25) is 0 Å². The maximum absolute atomic E-state index is 13.6. The van der Waals surface area contributed by atoms with E-state index >= 15 is 0 Å². The maximum atomic E-state index is 13.6. The molecule has 2 aliphatic rings. The lowest BCUT2D eigenvalue weighted by molar-refractivity contribution is 0.0657. The Hall–Kier alpha value is -1.99. The van der Waals surface area contributed by atoms with Crippen molar-refractivity contribution in [3.05, 3.63) is 41.5 Å². The number of ether oxygens (including phenoxy) is 1. The second kappa shape index (κ2) is 7.09. The van der Waals surface area contributed by atoms with Gasteiger partial charge in [0, 0.05) is 25.4 Å². The molecule has 25 heavy (non-hydrogen) atoms. The van der Waals surface area contributed by atoms with Gasteiger partial charge in [0.15, 0.2) is 0 Å². The summed E-state index contributed by atoms with van der Waals surface area (Å²) in [5.41, 5.74) is 8.92. The van der Waals surface area contributed by atoms with Crippen molar-refractivity contribution in [1.82, 2.24) is 15.0 Å². The third kappa shape index (κ3) is 3.52. The van der Waals surface area contributed by atoms with Gasteiger partial charge in [-0.3, -0.25) is 0 Å². The molecule has 0 spiro atoms. The lowest BCUT2D eigenvalue weighted by Crippen LogP contribution is -2.38. The molecule has 0 bridgehead atoms. The van der Waals surface area contributed by atoms with Crippen molar-refractivity contribution in [3.63, 3.8) is 0 Å². The smallest absolute Gasteiger partial charge is 0.123 e. The van der Waals surface area contributed by atoms with E-state index in [-0.39, 0.29) is 5.82 Å². The van der Waals surface area contributed by atoms with Crippen LogP contribution in [0.15, 0.2) is 24.4 Å². The summed E-state index contributed by atoms with van der Waals surface area (Å²) in [6.07, 6.45) is 4.81. The molecule has 0 amide bonds. The van der Waals surface area contributed by atoms with E-state index in [1.54, 1.807) is 6.07 Å². The molecule has 2 aromatic rings. The average Bonchev–Trinajstić information content (AvgIpc) is 3.10. The second-order valence-electron chi connectivity index (χ2n) is 6.99. The van der Waals surface area contributed by atoms with Crippen molar-refractivity contribution in [3.8, 4) is 0 Å². The fraction of sp³-hybridized carbons (Fsp3) is 0.556. The molecule has 4 rings (SSSR count). The Labute approximate surface area is 146 Å². The first kappa shape index (κ1) is 16.5. The minimum atomic E-state index is -0.193. The number of hydrogen-bond donors (Lipinski definition) is 1. The Morgan fingerprint density at radius 1 is 1.28 bits per heavy atom. The fourth-order valence-electron chi connectivity index (χ4n) is 3.83. The molecule has 2 aliphatic heterocycles. The lowest BCUT2D eigenvalue weighted by Gasteiger charge is -2.35. The summed E-state index contributed by atoms with van der Waals surface area (Å²) in [6.45, 7) is 3.69. The van der Waals surface area contributed by atoms with Crippen molar-refractivity contribution < 1.29 is 9.13 Å². The van der Waals surface area contributed by atoms with Crippen molar-refractivity contribution in [2.45, 2.75) is 31.8 Å². The third-order valence-electron chi connectivity index (χ3n) is 5.18. The van der Waals surface area contributed by atoms with Gasteiger partial charge in [0.1, 0.15) is 11.5 Å². The predicted molar refractivity (Wildman–Crippen MR) is 92.8 cm³/mol. The molecular weight excluding hydrogens is 321 g/mol. The monoisotopic (exact) mass is 345 g/mol. The Balaban J connectivity index is 1.53. The number of nitrogens with two attached hydrogens (primary N) is 1. The van der Waals surface area contributed by atoms with Crippen LogP contribution in [0.3, 0.4) is 0 Å². The first-order valence-electron chi connectivity index (χ1n) is 8.95. The molecule has 0 saturated carbocycles. The Morgan fingerprint density at radius 3 is 2.92 bits per heavy atom. The topological polar surface area (TPSA) is 69.2 Å². The third-order valence-corrected chi connectivity index (χ3v) is 5.18. The van der Waals surface area contributed by atoms with Gasteiger partial charge in [-0.05, 0) is 55.5 Å². The van der Waals surface area contributed by atoms with Crippen LogP contribution in [-0.2, 0) is 17.7 Å². The van der Waals surface area contributed by atoms with E-state index in [4.69, 9.17) is 10.5 Å². The Morgan fingerprint density at radius 2 is 2.12 bits per heavy atom. The van der Waals surface area contributed by atoms with Gasteiger partial charge in [-0.2, -0.15) is 0 Å². The largest absolute Gasteiger partial charge is 0.381 e.